The summed E-state index contributed by atoms with van der Waals surface area (Å²) in [5.74, 6) is -0.774. The zero-order valence-electron chi connectivity index (χ0n) is 15.8. The summed E-state index contributed by atoms with van der Waals surface area (Å²) in [6.45, 7) is 0. The van der Waals surface area contributed by atoms with Crippen molar-refractivity contribution in [1.82, 2.24) is 15.0 Å². The molecular weight excluding hydrogens is 434 g/mol. The number of hydrogen-bond acceptors (Lipinski definition) is 5. The van der Waals surface area contributed by atoms with Crippen molar-refractivity contribution in [2.24, 2.45) is 5.73 Å². The van der Waals surface area contributed by atoms with Crippen LogP contribution in [-0.2, 0) is 0 Å². The van der Waals surface area contributed by atoms with E-state index in [1.807, 2.05) is 36.4 Å². The number of allylic oxidation sites excluding steroid dienone is 1. The molecule has 1 aliphatic rings. The van der Waals surface area contributed by atoms with Crippen molar-refractivity contribution in [2.75, 3.05) is 0 Å². The first kappa shape index (κ1) is 19.2. The number of halogens is 1. The summed E-state index contributed by atoms with van der Waals surface area (Å²) in [5.41, 5.74) is 9.12. The average Bonchev–Trinajstić information content (AvgIpc) is 3.11. The Labute approximate surface area is 185 Å². The first-order valence-electron chi connectivity index (χ1n) is 9.28. The number of hydrogen-bond donors (Lipinski definition) is 4. The third-order valence-corrected chi connectivity index (χ3v) is 5.71. The van der Waals surface area contributed by atoms with Gasteiger partial charge in [-0.1, -0.05) is 41.9 Å². The molecule has 0 saturated heterocycles. The lowest BCUT2D eigenvalue weighted by Gasteiger charge is -2.25. The van der Waals surface area contributed by atoms with Crippen molar-refractivity contribution in [1.29, 1.82) is 5.26 Å². The molecule has 3 heterocycles. The molecule has 0 saturated carbocycles. The molecule has 0 radical (unpaired) electrons. The second-order valence-corrected chi connectivity index (χ2v) is 7.89. The van der Waals surface area contributed by atoms with Gasteiger partial charge in [-0.05, 0) is 41.5 Å². The number of rotatable bonds is 2. The van der Waals surface area contributed by atoms with Crippen LogP contribution in [0.5, 0.6) is 5.88 Å². The molecule has 0 amide bonds. The number of nitrogens with two attached hydrogens (primary N) is 1. The Morgan fingerprint density at radius 2 is 1.87 bits per heavy atom. The van der Waals surface area contributed by atoms with E-state index in [2.05, 4.69) is 21.0 Å². The van der Waals surface area contributed by atoms with Gasteiger partial charge in [0.2, 0.25) is 11.8 Å². The summed E-state index contributed by atoms with van der Waals surface area (Å²) in [5, 5.41) is 11.2. The highest BCUT2D eigenvalue weighted by molar-refractivity contribution is 7.71. The van der Waals surface area contributed by atoms with Crippen LogP contribution in [0.3, 0.4) is 0 Å². The largest absolute Gasteiger partial charge is 0.424 e. The molecule has 9 heteroatoms. The number of H-pyrrole nitrogens is 3. The predicted octanol–water partition coefficient (Wildman–Crippen LogP) is 4.45. The maximum absolute atomic E-state index is 13.0. The third-order valence-electron chi connectivity index (χ3n) is 5.27. The summed E-state index contributed by atoms with van der Waals surface area (Å²) < 4.78 is 5.66. The molecule has 0 bridgehead atoms. The monoisotopic (exact) mass is 447 g/mol. The molecule has 5 rings (SSSR count). The van der Waals surface area contributed by atoms with E-state index in [1.54, 1.807) is 12.1 Å². The SMILES string of the molecule is N#CC1=C(N)Oc2[nH]c(=S)[nH]c(=O)c2C1c1c(-c2ccccc2)[nH]c2ccc(Cl)cc12. The molecule has 2 aromatic heterocycles. The van der Waals surface area contributed by atoms with Crippen molar-refractivity contribution in [3.05, 3.63) is 91.3 Å². The topological polar surface area (TPSA) is 123 Å². The number of ether oxygens (including phenoxy) is 1. The normalized spacial score (nSPS) is 15.4. The standard InChI is InChI=1S/C22H14ClN5O2S/c23-11-6-7-14-12(8-11)16(18(26-14)10-4-2-1-3-5-10)15-13(9-24)19(25)30-21-17(15)20(29)27-22(31)28-21/h1-8,15,26H,25H2,(H2,27,28,29,31). The Hall–Kier alpha value is -3.80. The molecular formula is C22H14ClN5O2S. The van der Waals surface area contributed by atoms with Crippen LogP contribution in [0.15, 0.2) is 64.8 Å². The molecule has 0 spiro atoms. The van der Waals surface area contributed by atoms with Gasteiger partial charge in [-0.25, -0.2) is 0 Å². The highest BCUT2D eigenvalue weighted by Gasteiger charge is 2.37. The maximum Gasteiger partial charge on any atom is 0.259 e. The minimum Gasteiger partial charge on any atom is -0.424 e. The first-order chi connectivity index (χ1) is 15.0. The van der Waals surface area contributed by atoms with E-state index in [4.69, 9.17) is 34.3 Å². The number of nitrogens with zero attached hydrogens (tertiary/aromatic N) is 1. The lowest BCUT2D eigenvalue weighted by molar-refractivity contribution is 0.374. The number of nitrogens with one attached hydrogen (secondary N) is 3. The van der Waals surface area contributed by atoms with E-state index in [0.717, 1.165) is 22.2 Å². The zero-order chi connectivity index (χ0) is 21.7. The van der Waals surface area contributed by atoms with Gasteiger partial charge in [0.05, 0.1) is 17.2 Å². The summed E-state index contributed by atoms with van der Waals surface area (Å²) in [6.07, 6.45) is 0. The van der Waals surface area contributed by atoms with Crippen LogP contribution in [0.1, 0.15) is 17.0 Å². The number of aromatic amines is 3. The van der Waals surface area contributed by atoms with Crippen molar-refractivity contribution in [3.63, 3.8) is 0 Å². The van der Waals surface area contributed by atoms with Crippen LogP contribution in [0.25, 0.3) is 22.2 Å². The van der Waals surface area contributed by atoms with Crippen molar-refractivity contribution >= 4 is 34.7 Å². The van der Waals surface area contributed by atoms with Gasteiger partial charge in [0.15, 0.2) is 4.77 Å². The Bertz CT molecular complexity index is 1540. The maximum atomic E-state index is 13.0. The molecule has 7 nitrogen and oxygen atoms in total. The smallest absolute Gasteiger partial charge is 0.259 e. The quantitative estimate of drug-likeness (QED) is 0.338. The summed E-state index contributed by atoms with van der Waals surface area (Å²) in [7, 11) is 0. The van der Waals surface area contributed by atoms with E-state index in [9.17, 15) is 10.1 Å². The Morgan fingerprint density at radius 3 is 2.61 bits per heavy atom. The lowest BCUT2D eigenvalue weighted by Crippen LogP contribution is -2.28. The number of benzene rings is 2. The highest BCUT2D eigenvalue weighted by Crippen LogP contribution is 2.46. The molecule has 5 N–H and O–H groups in total. The van der Waals surface area contributed by atoms with Gasteiger partial charge < -0.3 is 20.4 Å². The molecule has 4 aromatic rings. The molecule has 1 atom stereocenters. The average molecular weight is 448 g/mol. The minimum absolute atomic E-state index is 0.0911. The van der Waals surface area contributed by atoms with E-state index < -0.39 is 11.5 Å². The Balaban J connectivity index is 1.94. The van der Waals surface area contributed by atoms with Crippen LogP contribution in [-0.4, -0.2) is 15.0 Å². The second kappa shape index (κ2) is 7.16. The lowest BCUT2D eigenvalue weighted by atomic mass is 9.82. The number of nitriles is 1. The van der Waals surface area contributed by atoms with Crippen LogP contribution in [0.2, 0.25) is 5.02 Å². The molecule has 0 fully saturated rings. The zero-order valence-corrected chi connectivity index (χ0v) is 17.4. The van der Waals surface area contributed by atoms with Gasteiger partial charge in [-0.15, -0.1) is 0 Å². The number of aromatic nitrogens is 3. The van der Waals surface area contributed by atoms with Crippen LogP contribution < -0.4 is 16.0 Å². The van der Waals surface area contributed by atoms with Gasteiger partial charge in [0.1, 0.15) is 11.6 Å². The fourth-order valence-electron chi connectivity index (χ4n) is 4.00. The molecule has 152 valence electrons. The molecule has 2 aromatic carbocycles. The summed E-state index contributed by atoms with van der Waals surface area (Å²) in [6, 6.07) is 17.2. The second-order valence-electron chi connectivity index (χ2n) is 7.05. The Morgan fingerprint density at radius 1 is 1.10 bits per heavy atom. The summed E-state index contributed by atoms with van der Waals surface area (Å²) in [4.78, 5) is 21.8. The van der Waals surface area contributed by atoms with E-state index >= 15 is 0 Å². The van der Waals surface area contributed by atoms with Crippen molar-refractivity contribution in [2.45, 2.75) is 5.92 Å². The van der Waals surface area contributed by atoms with Gasteiger partial charge in [0, 0.05) is 15.9 Å². The van der Waals surface area contributed by atoms with Crippen molar-refractivity contribution < 1.29 is 4.74 Å². The fraction of sp³-hybridized carbons (Fsp3) is 0.0455. The Kier molecular flexibility index (Phi) is 4.43. The predicted molar refractivity (Wildman–Crippen MR) is 120 cm³/mol. The van der Waals surface area contributed by atoms with Crippen molar-refractivity contribution in [3.8, 4) is 23.2 Å². The molecule has 31 heavy (non-hydrogen) atoms. The van der Waals surface area contributed by atoms with Gasteiger partial charge in [-0.2, -0.15) is 5.26 Å². The third kappa shape index (κ3) is 3.03. The van der Waals surface area contributed by atoms with E-state index in [1.165, 1.54) is 0 Å². The first-order valence-corrected chi connectivity index (χ1v) is 10.1. The van der Waals surface area contributed by atoms with Crippen LogP contribution in [0, 0.1) is 16.1 Å². The van der Waals surface area contributed by atoms with Gasteiger partial charge in [-0.3, -0.25) is 9.78 Å². The van der Waals surface area contributed by atoms with E-state index in [-0.39, 0.29) is 27.7 Å². The van der Waals surface area contributed by atoms with Gasteiger partial charge in [0.25, 0.3) is 5.56 Å². The summed E-state index contributed by atoms with van der Waals surface area (Å²) >= 11 is 11.4. The highest BCUT2D eigenvalue weighted by atomic mass is 35.5. The van der Waals surface area contributed by atoms with Crippen LogP contribution in [0.4, 0.5) is 0 Å². The fourth-order valence-corrected chi connectivity index (χ4v) is 4.35. The van der Waals surface area contributed by atoms with Crippen LogP contribution >= 0.6 is 23.8 Å². The molecule has 0 aliphatic carbocycles. The van der Waals surface area contributed by atoms with Gasteiger partial charge >= 0.3 is 0 Å². The molecule has 1 unspecified atom stereocenters. The minimum atomic E-state index is -0.799. The molecule has 1 aliphatic heterocycles. The number of fused-ring (bicyclic) bond motifs is 2. The van der Waals surface area contributed by atoms with E-state index in [0.29, 0.717) is 10.6 Å².